The van der Waals surface area contributed by atoms with Crippen molar-refractivity contribution in [3.05, 3.63) is 40.7 Å². The molecule has 0 saturated carbocycles. The maximum atomic E-state index is 11.0. The van der Waals surface area contributed by atoms with Gasteiger partial charge in [-0.3, -0.25) is 15.1 Å². The van der Waals surface area contributed by atoms with Gasteiger partial charge in [-0.1, -0.05) is 0 Å². The lowest BCUT2D eigenvalue weighted by Gasteiger charge is -2.16. The normalized spacial score (nSPS) is 12.3. The summed E-state index contributed by atoms with van der Waals surface area (Å²) in [6.45, 7) is 2.72. The number of fused-ring (bicyclic) bond motifs is 1. The van der Waals surface area contributed by atoms with Crippen molar-refractivity contribution in [1.82, 2.24) is 4.98 Å². The van der Waals surface area contributed by atoms with Crippen molar-refractivity contribution in [3.63, 3.8) is 0 Å². The van der Waals surface area contributed by atoms with E-state index in [1.54, 1.807) is 25.4 Å². The molecule has 0 fully saturated rings. The van der Waals surface area contributed by atoms with Crippen molar-refractivity contribution in [3.8, 4) is 0 Å². The summed E-state index contributed by atoms with van der Waals surface area (Å²) in [6.07, 6.45) is 4.02. The van der Waals surface area contributed by atoms with Gasteiger partial charge < -0.3 is 10.1 Å². The lowest BCUT2D eigenvalue weighted by Crippen LogP contribution is -2.17. The summed E-state index contributed by atoms with van der Waals surface area (Å²) in [5.74, 6) is 0. The summed E-state index contributed by atoms with van der Waals surface area (Å²) in [4.78, 5) is 14.6. The van der Waals surface area contributed by atoms with Crippen molar-refractivity contribution in [2.75, 3.05) is 19.0 Å². The molecule has 0 aliphatic carbocycles. The van der Waals surface area contributed by atoms with Gasteiger partial charge in [0.25, 0.3) is 5.69 Å². The summed E-state index contributed by atoms with van der Waals surface area (Å²) in [7, 11) is 1.67. The Labute approximate surface area is 116 Å². The van der Waals surface area contributed by atoms with E-state index < -0.39 is 0 Å². The zero-order valence-corrected chi connectivity index (χ0v) is 11.5. The third kappa shape index (κ3) is 3.03. The van der Waals surface area contributed by atoms with Crippen LogP contribution in [0.2, 0.25) is 0 Å². The Morgan fingerprint density at radius 3 is 2.90 bits per heavy atom. The summed E-state index contributed by atoms with van der Waals surface area (Å²) >= 11 is 0. The van der Waals surface area contributed by atoms with Crippen molar-refractivity contribution < 1.29 is 9.66 Å². The van der Waals surface area contributed by atoms with Crippen LogP contribution in [0.4, 0.5) is 11.4 Å². The van der Waals surface area contributed by atoms with E-state index in [2.05, 4.69) is 10.3 Å². The maximum absolute atomic E-state index is 11.0. The molecule has 1 unspecified atom stereocenters. The van der Waals surface area contributed by atoms with Crippen LogP contribution in [0, 0.1) is 10.1 Å². The lowest BCUT2D eigenvalue weighted by atomic mass is 10.1. The number of benzene rings is 1. The van der Waals surface area contributed by atoms with Gasteiger partial charge in [0, 0.05) is 49.3 Å². The standard InChI is InChI=1S/C14H17N3O3/c1-10(6-8-20-2)16-13-3-4-14(17(18)19)12-9-15-7-5-11(12)13/h3-5,7,9-10,16H,6,8H2,1-2H3. The predicted octanol–water partition coefficient (Wildman–Crippen LogP) is 2.98. The third-order valence-corrected chi connectivity index (χ3v) is 3.15. The molecule has 6 nitrogen and oxygen atoms in total. The van der Waals surface area contributed by atoms with Gasteiger partial charge in [0.05, 0.1) is 10.3 Å². The largest absolute Gasteiger partial charge is 0.385 e. The first-order valence-corrected chi connectivity index (χ1v) is 6.40. The Balaban J connectivity index is 2.35. The van der Waals surface area contributed by atoms with Crippen LogP contribution in [0.25, 0.3) is 10.8 Å². The number of rotatable bonds is 6. The Morgan fingerprint density at radius 2 is 2.20 bits per heavy atom. The van der Waals surface area contributed by atoms with E-state index in [4.69, 9.17) is 4.74 Å². The summed E-state index contributed by atoms with van der Waals surface area (Å²) in [5.41, 5.74) is 0.944. The topological polar surface area (TPSA) is 77.3 Å². The predicted molar refractivity (Wildman–Crippen MR) is 78.0 cm³/mol. The van der Waals surface area contributed by atoms with Gasteiger partial charge in [-0.05, 0) is 25.5 Å². The number of hydrogen-bond acceptors (Lipinski definition) is 5. The van der Waals surface area contributed by atoms with E-state index in [-0.39, 0.29) is 16.7 Å². The third-order valence-electron chi connectivity index (χ3n) is 3.15. The van der Waals surface area contributed by atoms with E-state index >= 15 is 0 Å². The minimum absolute atomic E-state index is 0.0724. The fourth-order valence-electron chi connectivity index (χ4n) is 2.09. The molecule has 0 radical (unpaired) electrons. The number of nitro benzene ring substituents is 1. The second-order valence-corrected chi connectivity index (χ2v) is 4.64. The first-order valence-electron chi connectivity index (χ1n) is 6.40. The number of nitrogens with one attached hydrogen (secondary N) is 1. The summed E-state index contributed by atoms with van der Waals surface area (Å²) in [5, 5.41) is 15.7. The summed E-state index contributed by atoms with van der Waals surface area (Å²) < 4.78 is 5.05. The van der Waals surface area contributed by atoms with Crippen LogP contribution in [-0.4, -0.2) is 29.7 Å². The monoisotopic (exact) mass is 275 g/mol. The molecule has 0 amide bonds. The van der Waals surface area contributed by atoms with Crippen LogP contribution >= 0.6 is 0 Å². The molecule has 20 heavy (non-hydrogen) atoms. The van der Waals surface area contributed by atoms with Crippen molar-refractivity contribution in [1.29, 1.82) is 0 Å². The molecular formula is C14H17N3O3. The Kier molecular flexibility index (Phi) is 4.47. The van der Waals surface area contributed by atoms with Gasteiger partial charge in [-0.15, -0.1) is 0 Å². The Morgan fingerprint density at radius 1 is 1.40 bits per heavy atom. The number of nitrogens with zero attached hydrogens (tertiary/aromatic N) is 2. The van der Waals surface area contributed by atoms with Gasteiger partial charge in [-0.25, -0.2) is 0 Å². The number of methoxy groups -OCH3 is 1. The molecule has 0 spiro atoms. The average molecular weight is 275 g/mol. The fourth-order valence-corrected chi connectivity index (χ4v) is 2.09. The highest BCUT2D eigenvalue weighted by Gasteiger charge is 2.15. The minimum atomic E-state index is -0.387. The van der Waals surface area contributed by atoms with Gasteiger partial charge in [0.15, 0.2) is 0 Å². The molecule has 0 aliphatic heterocycles. The van der Waals surface area contributed by atoms with Crippen LogP contribution in [0.15, 0.2) is 30.6 Å². The van der Waals surface area contributed by atoms with E-state index in [9.17, 15) is 10.1 Å². The number of hydrogen-bond donors (Lipinski definition) is 1. The van der Waals surface area contributed by atoms with Crippen LogP contribution in [0.5, 0.6) is 0 Å². The molecule has 1 aromatic heterocycles. The molecule has 2 aromatic rings. The summed E-state index contributed by atoms with van der Waals surface area (Å²) in [6, 6.07) is 5.25. The first kappa shape index (κ1) is 14.2. The average Bonchev–Trinajstić information content (AvgIpc) is 2.45. The number of pyridine rings is 1. The van der Waals surface area contributed by atoms with E-state index in [1.807, 2.05) is 6.92 Å². The highest BCUT2D eigenvalue weighted by molar-refractivity contribution is 5.99. The second kappa shape index (κ2) is 6.29. The number of aromatic nitrogens is 1. The van der Waals surface area contributed by atoms with Crippen molar-refractivity contribution >= 4 is 22.1 Å². The van der Waals surface area contributed by atoms with Crippen molar-refractivity contribution in [2.45, 2.75) is 19.4 Å². The first-order chi connectivity index (χ1) is 9.63. The molecule has 6 heteroatoms. The Hall–Kier alpha value is -2.21. The van der Waals surface area contributed by atoms with Crippen molar-refractivity contribution in [2.24, 2.45) is 0 Å². The van der Waals surface area contributed by atoms with Gasteiger partial charge in [-0.2, -0.15) is 0 Å². The molecule has 1 heterocycles. The maximum Gasteiger partial charge on any atom is 0.278 e. The molecule has 1 aromatic carbocycles. The highest BCUT2D eigenvalue weighted by atomic mass is 16.6. The van der Waals surface area contributed by atoms with E-state index in [0.717, 1.165) is 17.5 Å². The lowest BCUT2D eigenvalue weighted by molar-refractivity contribution is -0.383. The Bertz CT molecular complexity index is 616. The molecular weight excluding hydrogens is 258 g/mol. The molecule has 0 saturated heterocycles. The van der Waals surface area contributed by atoms with Gasteiger partial charge >= 0.3 is 0 Å². The number of nitro groups is 1. The quantitative estimate of drug-likeness (QED) is 0.647. The SMILES string of the molecule is COCCC(C)Nc1ccc([N+](=O)[O-])c2cnccc12. The molecule has 2 rings (SSSR count). The molecule has 106 valence electrons. The molecule has 0 bridgehead atoms. The fraction of sp³-hybridized carbons (Fsp3) is 0.357. The van der Waals surface area contributed by atoms with Gasteiger partial charge in [0.2, 0.25) is 0 Å². The van der Waals surface area contributed by atoms with Crippen LogP contribution in [0.3, 0.4) is 0 Å². The van der Waals surface area contributed by atoms with Crippen LogP contribution in [-0.2, 0) is 4.74 Å². The van der Waals surface area contributed by atoms with Gasteiger partial charge in [0.1, 0.15) is 0 Å². The highest BCUT2D eigenvalue weighted by Crippen LogP contribution is 2.31. The smallest absolute Gasteiger partial charge is 0.278 e. The number of non-ortho nitro benzene ring substituents is 1. The molecule has 1 atom stereocenters. The van der Waals surface area contributed by atoms with Crippen LogP contribution in [0.1, 0.15) is 13.3 Å². The van der Waals surface area contributed by atoms with E-state index in [1.165, 1.54) is 12.3 Å². The van der Waals surface area contributed by atoms with Crippen LogP contribution < -0.4 is 5.32 Å². The minimum Gasteiger partial charge on any atom is -0.385 e. The number of ether oxygens (including phenoxy) is 1. The zero-order valence-electron chi connectivity index (χ0n) is 11.5. The second-order valence-electron chi connectivity index (χ2n) is 4.64. The number of anilines is 1. The van der Waals surface area contributed by atoms with E-state index in [0.29, 0.717) is 12.0 Å². The molecule has 1 N–H and O–H groups in total. The molecule has 0 aliphatic rings. The zero-order chi connectivity index (χ0) is 14.5.